The molecule has 0 saturated heterocycles. The van der Waals surface area contributed by atoms with Gasteiger partial charge in [0, 0.05) is 11.3 Å². The summed E-state index contributed by atoms with van der Waals surface area (Å²) >= 11 is 2.15. The first-order chi connectivity index (χ1) is 11.0. The lowest BCUT2D eigenvalue weighted by Gasteiger charge is -2.14. The van der Waals surface area contributed by atoms with Crippen molar-refractivity contribution in [1.29, 1.82) is 0 Å². The van der Waals surface area contributed by atoms with Gasteiger partial charge in [0.25, 0.3) is 5.91 Å². The second-order valence-corrected chi connectivity index (χ2v) is 6.34. The largest absolute Gasteiger partial charge is 0.493 e. The molecule has 0 bridgehead atoms. The van der Waals surface area contributed by atoms with E-state index in [1.165, 1.54) is 5.56 Å². The number of carbonyl (C=O) groups is 1. The second-order valence-electron chi connectivity index (χ2n) is 5.18. The monoisotopic (exact) mass is 425 g/mol. The van der Waals surface area contributed by atoms with Gasteiger partial charge in [0.05, 0.1) is 17.3 Å². The highest BCUT2D eigenvalue weighted by atomic mass is 127. The SMILES string of the molecule is CCOc1c(I)cc(C(=O)Nc2ccc(C)c(C)c2)cc1OC. The van der Waals surface area contributed by atoms with E-state index in [4.69, 9.17) is 9.47 Å². The normalized spacial score (nSPS) is 10.3. The molecule has 5 heteroatoms. The molecule has 23 heavy (non-hydrogen) atoms. The number of ether oxygens (including phenoxy) is 2. The number of halogens is 1. The van der Waals surface area contributed by atoms with Crippen LogP contribution in [0.3, 0.4) is 0 Å². The van der Waals surface area contributed by atoms with Crippen LogP contribution in [0.1, 0.15) is 28.4 Å². The Balaban J connectivity index is 2.28. The molecule has 2 aromatic rings. The first kappa shape index (κ1) is 17.6. The van der Waals surface area contributed by atoms with Crippen molar-refractivity contribution in [2.24, 2.45) is 0 Å². The molecule has 0 spiro atoms. The van der Waals surface area contributed by atoms with E-state index in [9.17, 15) is 4.79 Å². The standard InChI is InChI=1S/C18H20INO3/c1-5-23-17-15(19)9-13(10-16(17)22-4)18(21)20-14-7-6-11(2)12(3)8-14/h6-10H,5H2,1-4H3,(H,20,21). The van der Waals surface area contributed by atoms with Crippen LogP contribution < -0.4 is 14.8 Å². The smallest absolute Gasteiger partial charge is 0.255 e. The molecule has 2 rings (SSSR count). The third-order valence-electron chi connectivity index (χ3n) is 3.55. The summed E-state index contributed by atoms with van der Waals surface area (Å²) in [6.07, 6.45) is 0. The lowest BCUT2D eigenvalue weighted by atomic mass is 10.1. The van der Waals surface area contributed by atoms with E-state index in [0.717, 1.165) is 14.8 Å². The number of hydrogen-bond acceptors (Lipinski definition) is 3. The molecule has 0 aliphatic heterocycles. The van der Waals surface area contributed by atoms with Gasteiger partial charge in [0.1, 0.15) is 0 Å². The number of anilines is 1. The maximum absolute atomic E-state index is 12.5. The molecule has 0 fully saturated rings. The molecule has 0 aromatic heterocycles. The summed E-state index contributed by atoms with van der Waals surface area (Å²) in [5.74, 6) is 1.05. The van der Waals surface area contributed by atoms with Crippen LogP contribution >= 0.6 is 22.6 Å². The van der Waals surface area contributed by atoms with Gasteiger partial charge in [-0.25, -0.2) is 0 Å². The topological polar surface area (TPSA) is 47.6 Å². The fraction of sp³-hybridized carbons (Fsp3) is 0.278. The van der Waals surface area contributed by atoms with E-state index in [0.29, 0.717) is 23.7 Å². The van der Waals surface area contributed by atoms with Gasteiger partial charge in [-0.05, 0) is 78.8 Å². The van der Waals surface area contributed by atoms with Crippen LogP contribution in [-0.4, -0.2) is 19.6 Å². The summed E-state index contributed by atoms with van der Waals surface area (Å²) in [7, 11) is 1.57. The Morgan fingerprint density at radius 2 is 1.91 bits per heavy atom. The van der Waals surface area contributed by atoms with E-state index in [2.05, 4.69) is 27.9 Å². The number of hydrogen-bond donors (Lipinski definition) is 1. The van der Waals surface area contributed by atoms with Crippen molar-refractivity contribution in [2.45, 2.75) is 20.8 Å². The van der Waals surface area contributed by atoms with Crippen molar-refractivity contribution >= 4 is 34.2 Å². The van der Waals surface area contributed by atoms with Crippen LogP contribution in [0, 0.1) is 17.4 Å². The van der Waals surface area contributed by atoms with E-state index < -0.39 is 0 Å². The predicted molar refractivity (Wildman–Crippen MR) is 101 cm³/mol. The maximum atomic E-state index is 12.5. The fourth-order valence-electron chi connectivity index (χ4n) is 2.16. The number of rotatable bonds is 5. The van der Waals surface area contributed by atoms with E-state index in [1.807, 2.05) is 39.0 Å². The highest BCUT2D eigenvalue weighted by Crippen LogP contribution is 2.34. The first-order valence-electron chi connectivity index (χ1n) is 7.35. The van der Waals surface area contributed by atoms with Gasteiger partial charge in [-0.15, -0.1) is 0 Å². The minimum absolute atomic E-state index is 0.174. The Morgan fingerprint density at radius 1 is 1.17 bits per heavy atom. The second kappa shape index (κ2) is 7.68. The Hall–Kier alpha value is -1.76. The number of aryl methyl sites for hydroxylation is 2. The Labute approximate surface area is 150 Å². The zero-order chi connectivity index (χ0) is 17.0. The first-order valence-corrected chi connectivity index (χ1v) is 8.43. The Bertz CT molecular complexity index is 728. The minimum atomic E-state index is -0.174. The summed E-state index contributed by atoms with van der Waals surface area (Å²) in [5, 5.41) is 2.92. The van der Waals surface area contributed by atoms with Gasteiger partial charge >= 0.3 is 0 Å². The van der Waals surface area contributed by atoms with Crippen molar-refractivity contribution in [2.75, 3.05) is 19.0 Å². The van der Waals surface area contributed by atoms with Gasteiger partial charge in [0.15, 0.2) is 11.5 Å². The summed E-state index contributed by atoms with van der Waals surface area (Å²) < 4.78 is 11.8. The Kier molecular flexibility index (Phi) is 5.87. The van der Waals surface area contributed by atoms with Crippen LogP contribution in [0.25, 0.3) is 0 Å². The average molecular weight is 425 g/mol. The molecular weight excluding hydrogens is 405 g/mol. The fourth-order valence-corrected chi connectivity index (χ4v) is 2.91. The van der Waals surface area contributed by atoms with Crippen molar-refractivity contribution in [1.82, 2.24) is 0 Å². The predicted octanol–water partition coefficient (Wildman–Crippen LogP) is 4.57. The van der Waals surface area contributed by atoms with Gasteiger partial charge in [-0.3, -0.25) is 4.79 Å². The van der Waals surface area contributed by atoms with Crippen LogP contribution in [0.5, 0.6) is 11.5 Å². The average Bonchev–Trinajstić information content (AvgIpc) is 2.52. The molecule has 1 N–H and O–H groups in total. The molecule has 0 aliphatic rings. The van der Waals surface area contributed by atoms with Gasteiger partial charge in [0.2, 0.25) is 0 Å². The molecule has 0 atom stereocenters. The quantitative estimate of drug-likeness (QED) is 0.715. The molecule has 2 aromatic carbocycles. The summed E-state index contributed by atoms with van der Waals surface area (Å²) in [6, 6.07) is 9.35. The molecule has 0 saturated carbocycles. The number of nitrogens with one attached hydrogen (secondary N) is 1. The summed E-state index contributed by atoms with van der Waals surface area (Å²) in [5.41, 5.74) is 3.65. The van der Waals surface area contributed by atoms with Crippen molar-refractivity contribution in [3.63, 3.8) is 0 Å². The lowest BCUT2D eigenvalue weighted by molar-refractivity contribution is 0.102. The Morgan fingerprint density at radius 3 is 2.52 bits per heavy atom. The van der Waals surface area contributed by atoms with Crippen LogP contribution in [0.15, 0.2) is 30.3 Å². The molecule has 0 unspecified atom stereocenters. The molecule has 122 valence electrons. The van der Waals surface area contributed by atoms with E-state index in [1.54, 1.807) is 19.2 Å². The third kappa shape index (κ3) is 4.16. The summed E-state index contributed by atoms with van der Waals surface area (Å²) in [6.45, 7) is 6.52. The van der Waals surface area contributed by atoms with Crippen LogP contribution in [0.4, 0.5) is 5.69 Å². The molecule has 0 radical (unpaired) electrons. The third-order valence-corrected chi connectivity index (χ3v) is 4.35. The molecule has 1 amide bonds. The number of methoxy groups -OCH3 is 1. The minimum Gasteiger partial charge on any atom is -0.493 e. The molecule has 0 aliphatic carbocycles. The van der Waals surface area contributed by atoms with Gasteiger partial charge in [-0.2, -0.15) is 0 Å². The van der Waals surface area contributed by atoms with Crippen LogP contribution in [-0.2, 0) is 0 Å². The zero-order valence-electron chi connectivity index (χ0n) is 13.7. The number of benzene rings is 2. The van der Waals surface area contributed by atoms with Gasteiger partial charge < -0.3 is 14.8 Å². The number of amides is 1. The van der Waals surface area contributed by atoms with Gasteiger partial charge in [-0.1, -0.05) is 6.07 Å². The summed E-state index contributed by atoms with van der Waals surface area (Å²) in [4.78, 5) is 12.5. The van der Waals surface area contributed by atoms with Crippen molar-refractivity contribution in [3.8, 4) is 11.5 Å². The molecular formula is C18H20INO3. The highest BCUT2D eigenvalue weighted by molar-refractivity contribution is 14.1. The lowest BCUT2D eigenvalue weighted by Crippen LogP contribution is -2.13. The number of carbonyl (C=O) groups excluding carboxylic acids is 1. The van der Waals surface area contributed by atoms with Crippen molar-refractivity contribution in [3.05, 3.63) is 50.6 Å². The van der Waals surface area contributed by atoms with Crippen molar-refractivity contribution < 1.29 is 14.3 Å². The maximum Gasteiger partial charge on any atom is 0.255 e. The zero-order valence-corrected chi connectivity index (χ0v) is 15.9. The molecule has 4 nitrogen and oxygen atoms in total. The van der Waals surface area contributed by atoms with Crippen LogP contribution in [0.2, 0.25) is 0 Å². The van der Waals surface area contributed by atoms with E-state index >= 15 is 0 Å². The van der Waals surface area contributed by atoms with E-state index in [-0.39, 0.29) is 5.91 Å². The highest BCUT2D eigenvalue weighted by Gasteiger charge is 2.15. The molecule has 0 heterocycles.